The van der Waals surface area contributed by atoms with Gasteiger partial charge in [-0.25, -0.2) is 21.8 Å². The zero-order valence-corrected chi connectivity index (χ0v) is 27.7. The first kappa shape index (κ1) is 31.9. The maximum absolute atomic E-state index is 13.9. The minimum Gasteiger partial charge on any atom is -0.392 e. The van der Waals surface area contributed by atoms with Crippen LogP contribution in [0.4, 0.5) is 4.39 Å². The number of aliphatic hydroxyl groups is 1. The largest absolute Gasteiger partial charge is 0.392 e. The lowest BCUT2D eigenvalue weighted by Crippen LogP contribution is -2.37. The van der Waals surface area contributed by atoms with Crippen LogP contribution in [0.5, 0.6) is 0 Å². The highest BCUT2D eigenvalue weighted by Gasteiger charge is 2.25. The number of likely N-dealkylation sites (tertiary alicyclic amines) is 1. The molecule has 1 aliphatic rings. The van der Waals surface area contributed by atoms with Crippen LogP contribution < -0.4 is 0 Å². The average molecular weight is 665 g/mol. The summed E-state index contributed by atoms with van der Waals surface area (Å²) in [6.07, 6.45) is 10.3. The Morgan fingerprint density at radius 3 is 2.40 bits per heavy atom. The number of aliphatic hydroxyl groups excluding tert-OH is 1. The molecule has 0 radical (unpaired) electrons. The van der Waals surface area contributed by atoms with E-state index in [0.717, 1.165) is 53.9 Å². The molecule has 11 heteroatoms. The molecular weight excluding hydrogens is 628 g/mol. The molecule has 1 fully saturated rings. The molecule has 1 atom stereocenters. The minimum atomic E-state index is -3.97. The molecule has 5 heterocycles. The zero-order valence-electron chi connectivity index (χ0n) is 26.9. The Morgan fingerprint density at radius 2 is 1.69 bits per heavy atom. The highest BCUT2D eigenvalue weighted by molar-refractivity contribution is 7.90. The predicted molar refractivity (Wildman–Crippen MR) is 184 cm³/mol. The van der Waals surface area contributed by atoms with Crippen molar-refractivity contribution in [1.82, 2.24) is 28.6 Å². The van der Waals surface area contributed by atoms with Crippen molar-refractivity contribution in [3.8, 4) is 22.3 Å². The van der Waals surface area contributed by atoms with Crippen molar-refractivity contribution >= 4 is 21.1 Å². The molecule has 0 spiro atoms. The Labute approximate surface area is 279 Å². The van der Waals surface area contributed by atoms with Crippen molar-refractivity contribution in [1.29, 1.82) is 0 Å². The normalized spacial score (nSPS) is 15.2. The van der Waals surface area contributed by atoms with Gasteiger partial charge in [-0.1, -0.05) is 35.9 Å². The van der Waals surface area contributed by atoms with Crippen LogP contribution >= 0.6 is 0 Å². The molecule has 1 unspecified atom stereocenters. The standard InChI is InChI=1S/C37H37FN6O3S/c1-25-6-9-33(10-7-25)48(46,47)44-24-35(31-20-41-43(23-31)22-27-4-3-5-32(38)16-27)34-17-30(19-40-37(34)44)29-8-11-36(39-18-29)28-12-14-42(15-13-28)21-26(2)45/h3-11,16-20,23-24,26,28,45H,12-15,21-22H2,1-2H3. The predicted octanol–water partition coefficient (Wildman–Crippen LogP) is 6.25. The summed E-state index contributed by atoms with van der Waals surface area (Å²) in [4.78, 5) is 12.0. The van der Waals surface area contributed by atoms with Crippen LogP contribution in [0.3, 0.4) is 0 Å². The number of fused-ring (bicyclic) bond motifs is 1. The smallest absolute Gasteiger partial charge is 0.269 e. The third-order valence-electron chi connectivity index (χ3n) is 9.02. The Bertz CT molecular complexity index is 2170. The first-order valence-electron chi connectivity index (χ1n) is 16.1. The van der Waals surface area contributed by atoms with Crippen molar-refractivity contribution in [2.24, 2.45) is 0 Å². The maximum Gasteiger partial charge on any atom is 0.269 e. The molecule has 1 aliphatic heterocycles. The van der Waals surface area contributed by atoms with E-state index in [2.05, 4.69) is 16.1 Å². The van der Waals surface area contributed by atoms with Crippen molar-refractivity contribution in [2.75, 3.05) is 19.6 Å². The topological polar surface area (TPSA) is 106 Å². The van der Waals surface area contributed by atoms with Crippen LogP contribution in [-0.4, -0.2) is 67.9 Å². The number of halogens is 1. The molecule has 48 heavy (non-hydrogen) atoms. The van der Waals surface area contributed by atoms with E-state index >= 15 is 0 Å². The minimum absolute atomic E-state index is 0.167. The summed E-state index contributed by atoms with van der Waals surface area (Å²) in [7, 11) is -3.97. The van der Waals surface area contributed by atoms with Crippen molar-refractivity contribution in [2.45, 2.75) is 50.2 Å². The number of benzene rings is 2. The molecule has 0 amide bonds. The highest BCUT2D eigenvalue weighted by Crippen LogP contribution is 2.35. The lowest BCUT2D eigenvalue weighted by Gasteiger charge is -2.32. The van der Waals surface area contributed by atoms with Crippen LogP contribution in [0.15, 0.2) is 103 Å². The first-order valence-corrected chi connectivity index (χ1v) is 17.6. The zero-order chi connectivity index (χ0) is 33.4. The Kier molecular flexibility index (Phi) is 8.67. The molecule has 4 aromatic heterocycles. The van der Waals surface area contributed by atoms with Gasteiger partial charge in [-0.2, -0.15) is 5.10 Å². The van der Waals surface area contributed by atoms with E-state index in [0.29, 0.717) is 41.2 Å². The molecule has 0 saturated carbocycles. The fraction of sp³-hybridized carbons (Fsp3) is 0.270. The number of hydrogen-bond acceptors (Lipinski definition) is 7. The van der Waals surface area contributed by atoms with E-state index in [4.69, 9.17) is 9.97 Å². The van der Waals surface area contributed by atoms with Crippen LogP contribution in [0.2, 0.25) is 0 Å². The summed E-state index contributed by atoms with van der Waals surface area (Å²) >= 11 is 0. The molecule has 9 nitrogen and oxygen atoms in total. The average Bonchev–Trinajstić information content (AvgIpc) is 3.70. The number of pyridine rings is 2. The monoisotopic (exact) mass is 664 g/mol. The van der Waals surface area contributed by atoms with E-state index in [9.17, 15) is 17.9 Å². The van der Waals surface area contributed by atoms with Gasteiger partial charge in [-0.05, 0) is 81.7 Å². The van der Waals surface area contributed by atoms with E-state index in [1.54, 1.807) is 53.6 Å². The summed E-state index contributed by atoms with van der Waals surface area (Å²) in [6.45, 7) is 6.65. The molecule has 0 aliphatic carbocycles. The van der Waals surface area contributed by atoms with Gasteiger partial charge in [0.25, 0.3) is 10.0 Å². The second-order valence-corrected chi connectivity index (χ2v) is 14.5. The number of hydrogen-bond donors (Lipinski definition) is 1. The second-order valence-electron chi connectivity index (χ2n) is 12.7. The Balaban J connectivity index is 1.24. The van der Waals surface area contributed by atoms with Gasteiger partial charge in [0.2, 0.25) is 0 Å². The summed E-state index contributed by atoms with van der Waals surface area (Å²) < 4.78 is 44.6. The summed E-state index contributed by atoms with van der Waals surface area (Å²) in [5, 5.41) is 14.9. The summed E-state index contributed by atoms with van der Waals surface area (Å²) in [6, 6.07) is 19.2. The first-order chi connectivity index (χ1) is 23.1. The molecule has 0 bridgehead atoms. The van der Waals surface area contributed by atoms with E-state index < -0.39 is 10.0 Å². The number of nitrogens with zero attached hydrogens (tertiary/aromatic N) is 6. The molecule has 1 N–H and O–H groups in total. The number of piperidine rings is 1. The van der Waals surface area contributed by atoms with Crippen LogP contribution in [-0.2, 0) is 16.6 Å². The van der Waals surface area contributed by atoms with Crippen LogP contribution in [0.25, 0.3) is 33.3 Å². The third kappa shape index (κ3) is 6.53. The van der Waals surface area contributed by atoms with Gasteiger partial charge in [0.15, 0.2) is 5.65 Å². The van der Waals surface area contributed by atoms with E-state index in [1.807, 2.05) is 44.4 Å². The molecule has 2 aromatic carbocycles. The van der Waals surface area contributed by atoms with Gasteiger partial charge in [0.1, 0.15) is 5.82 Å². The Morgan fingerprint density at radius 1 is 0.917 bits per heavy atom. The molecule has 246 valence electrons. The summed E-state index contributed by atoms with van der Waals surface area (Å²) in [5.41, 5.74) is 6.14. The lowest BCUT2D eigenvalue weighted by molar-refractivity contribution is 0.109. The Hall–Kier alpha value is -4.71. The van der Waals surface area contributed by atoms with E-state index in [-0.39, 0.29) is 16.8 Å². The second kappa shape index (κ2) is 13.1. The van der Waals surface area contributed by atoms with Gasteiger partial charge in [-0.3, -0.25) is 9.67 Å². The molecule has 1 saturated heterocycles. The quantitative estimate of drug-likeness (QED) is 0.195. The number of rotatable bonds is 9. The van der Waals surface area contributed by atoms with Crippen molar-refractivity contribution < 1.29 is 17.9 Å². The van der Waals surface area contributed by atoms with Gasteiger partial charge < -0.3 is 10.0 Å². The summed E-state index contributed by atoms with van der Waals surface area (Å²) in [5.74, 6) is 0.0462. The van der Waals surface area contributed by atoms with Gasteiger partial charge in [0.05, 0.1) is 23.7 Å². The number of β-amino-alcohol motifs (C(OH)–C–C–N with tert-alkyl or cyclic N) is 1. The van der Waals surface area contributed by atoms with Crippen molar-refractivity contribution in [3.63, 3.8) is 0 Å². The van der Waals surface area contributed by atoms with Gasteiger partial charge in [0, 0.05) is 70.6 Å². The van der Waals surface area contributed by atoms with Crippen LogP contribution in [0.1, 0.15) is 42.5 Å². The van der Waals surface area contributed by atoms with Crippen molar-refractivity contribution in [3.05, 3.63) is 120 Å². The number of aryl methyl sites for hydroxylation is 1. The van der Waals surface area contributed by atoms with Gasteiger partial charge in [-0.15, -0.1) is 0 Å². The van der Waals surface area contributed by atoms with Crippen LogP contribution in [0, 0.1) is 12.7 Å². The molecular formula is C37H37FN6O3S. The fourth-order valence-electron chi connectivity index (χ4n) is 6.49. The highest BCUT2D eigenvalue weighted by atomic mass is 32.2. The SMILES string of the molecule is Cc1ccc(S(=O)(=O)n2cc(-c3cnn(Cc4cccc(F)c4)c3)c3cc(-c4ccc(C5CCN(CC(C)O)CC5)nc4)cnc32)cc1. The van der Waals surface area contributed by atoms with E-state index in [1.165, 1.54) is 16.1 Å². The molecule has 7 rings (SSSR count). The number of aromatic nitrogens is 5. The fourth-order valence-corrected chi connectivity index (χ4v) is 7.81. The maximum atomic E-state index is 13.9. The third-order valence-corrected chi connectivity index (χ3v) is 10.7. The van der Waals surface area contributed by atoms with Gasteiger partial charge >= 0.3 is 0 Å². The lowest BCUT2D eigenvalue weighted by atomic mass is 9.92. The molecule has 6 aromatic rings.